The van der Waals surface area contributed by atoms with Crippen LogP contribution in [0.25, 0.3) is 0 Å². The van der Waals surface area contributed by atoms with E-state index in [0.29, 0.717) is 18.2 Å². The number of hydrogen-bond acceptors (Lipinski definition) is 2. The highest BCUT2D eigenvalue weighted by Crippen LogP contribution is 2.11. The van der Waals surface area contributed by atoms with Crippen LogP contribution < -0.4 is 16.0 Å². The molecule has 26 heavy (non-hydrogen) atoms. The molecular weight excluding hydrogens is 446 g/mol. The van der Waals surface area contributed by atoms with Crippen molar-refractivity contribution in [1.82, 2.24) is 10.6 Å². The molecule has 0 bridgehead atoms. The lowest BCUT2D eigenvalue weighted by atomic mass is 10.1. The fourth-order valence-corrected chi connectivity index (χ4v) is 2.27. The van der Waals surface area contributed by atoms with E-state index in [1.807, 2.05) is 44.2 Å². The van der Waals surface area contributed by atoms with Crippen molar-refractivity contribution in [2.24, 2.45) is 4.99 Å². The van der Waals surface area contributed by atoms with Crippen LogP contribution >= 0.6 is 24.0 Å². The molecule has 0 aliphatic carbocycles. The average Bonchev–Trinajstić information content (AvgIpc) is 2.60. The molecule has 2 aromatic carbocycles. The van der Waals surface area contributed by atoms with E-state index in [1.54, 1.807) is 12.1 Å². The van der Waals surface area contributed by atoms with Crippen molar-refractivity contribution in [3.63, 3.8) is 0 Å². The fraction of sp³-hybridized carbons (Fsp3) is 0.263. The number of halogens is 2. The minimum atomic E-state index is -0.395. The Morgan fingerprint density at radius 3 is 2.54 bits per heavy atom. The summed E-state index contributed by atoms with van der Waals surface area (Å²) in [6, 6.07) is 15.8. The average molecular weight is 470 g/mol. The van der Waals surface area contributed by atoms with Crippen molar-refractivity contribution in [2.75, 3.05) is 18.4 Å². The highest BCUT2D eigenvalue weighted by Gasteiger charge is 2.08. The molecule has 0 saturated heterocycles. The van der Waals surface area contributed by atoms with E-state index >= 15 is 0 Å². The summed E-state index contributed by atoms with van der Waals surface area (Å²) >= 11 is 0. The van der Waals surface area contributed by atoms with Crippen LogP contribution in [-0.4, -0.2) is 25.0 Å². The first-order chi connectivity index (χ1) is 12.1. The van der Waals surface area contributed by atoms with Gasteiger partial charge in [0.25, 0.3) is 0 Å². The van der Waals surface area contributed by atoms with Gasteiger partial charge < -0.3 is 16.0 Å². The molecule has 2 aromatic rings. The maximum atomic E-state index is 13.1. The second-order valence-electron chi connectivity index (χ2n) is 5.53. The number of amides is 1. The predicted molar refractivity (Wildman–Crippen MR) is 114 cm³/mol. The Hall–Kier alpha value is -2.16. The van der Waals surface area contributed by atoms with Crippen molar-refractivity contribution in [1.29, 1.82) is 0 Å². The molecule has 3 N–H and O–H groups in total. The zero-order valence-corrected chi connectivity index (χ0v) is 17.2. The number of benzene rings is 2. The quantitative estimate of drug-likeness (QED) is 0.343. The molecule has 140 valence electrons. The normalized spacial score (nSPS) is 11.9. The van der Waals surface area contributed by atoms with Crippen LogP contribution in [0.5, 0.6) is 0 Å². The van der Waals surface area contributed by atoms with Crippen LogP contribution in [0.15, 0.2) is 59.6 Å². The molecular formula is C19H24FIN4O. The third kappa shape index (κ3) is 7.38. The molecule has 0 aliphatic rings. The SMILES string of the molecule is CCNC(=NCC(=O)Nc1cccc(F)c1)NC(C)c1ccccc1.I. The second kappa shape index (κ2) is 11.5. The highest BCUT2D eigenvalue weighted by atomic mass is 127. The first-order valence-electron chi connectivity index (χ1n) is 8.23. The molecule has 0 heterocycles. The van der Waals surface area contributed by atoms with E-state index in [-0.39, 0.29) is 42.5 Å². The maximum Gasteiger partial charge on any atom is 0.246 e. The number of nitrogens with zero attached hydrogens (tertiary/aromatic N) is 1. The number of hydrogen-bond donors (Lipinski definition) is 3. The summed E-state index contributed by atoms with van der Waals surface area (Å²) < 4.78 is 13.1. The summed E-state index contributed by atoms with van der Waals surface area (Å²) in [7, 11) is 0. The van der Waals surface area contributed by atoms with Crippen molar-refractivity contribution in [3.8, 4) is 0 Å². The summed E-state index contributed by atoms with van der Waals surface area (Å²) in [5, 5.41) is 9.00. The summed E-state index contributed by atoms with van der Waals surface area (Å²) in [5.74, 6) is -0.156. The third-order valence-corrected chi connectivity index (χ3v) is 3.49. The van der Waals surface area contributed by atoms with Gasteiger partial charge in [0.15, 0.2) is 5.96 Å². The molecule has 0 radical (unpaired) electrons. The van der Waals surface area contributed by atoms with Crippen LogP contribution in [0.3, 0.4) is 0 Å². The first kappa shape index (κ1) is 21.9. The van der Waals surface area contributed by atoms with Gasteiger partial charge in [0.05, 0.1) is 6.04 Å². The van der Waals surface area contributed by atoms with Gasteiger partial charge in [-0.15, -0.1) is 24.0 Å². The molecule has 1 amide bonds. The minimum Gasteiger partial charge on any atom is -0.357 e. The Morgan fingerprint density at radius 2 is 1.88 bits per heavy atom. The van der Waals surface area contributed by atoms with Gasteiger partial charge in [-0.1, -0.05) is 36.4 Å². The standard InChI is InChI=1S/C19H23FN4O.HI/c1-3-21-19(23-14(2)15-8-5-4-6-9-15)22-13-18(25)24-17-11-7-10-16(20)12-17;/h4-12,14H,3,13H2,1-2H3,(H,24,25)(H2,21,22,23);1H. The predicted octanol–water partition coefficient (Wildman–Crippen LogP) is 3.70. The monoisotopic (exact) mass is 470 g/mol. The smallest absolute Gasteiger partial charge is 0.246 e. The topological polar surface area (TPSA) is 65.5 Å². The Labute approximate surface area is 170 Å². The van der Waals surface area contributed by atoms with Crippen molar-refractivity contribution in [2.45, 2.75) is 19.9 Å². The van der Waals surface area contributed by atoms with Crippen molar-refractivity contribution < 1.29 is 9.18 Å². The van der Waals surface area contributed by atoms with Gasteiger partial charge >= 0.3 is 0 Å². The van der Waals surface area contributed by atoms with Gasteiger partial charge in [-0.2, -0.15) is 0 Å². The number of nitrogens with one attached hydrogen (secondary N) is 3. The molecule has 0 aliphatic heterocycles. The summed E-state index contributed by atoms with van der Waals surface area (Å²) in [6.07, 6.45) is 0. The highest BCUT2D eigenvalue weighted by molar-refractivity contribution is 14.0. The van der Waals surface area contributed by atoms with E-state index in [4.69, 9.17) is 0 Å². The molecule has 0 aromatic heterocycles. The van der Waals surface area contributed by atoms with Gasteiger partial charge in [0.1, 0.15) is 12.4 Å². The van der Waals surface area contributed by atoms with Crippen molar-refractivity contribution in [3.05, 3.63) is 66.0 Å². The van der Waals surface area contributed by atoms with E-state index in [1.165, 1.54) is 12.1 Å². The number of carbonyl (C=O) groups excluding carboxylic acids is 1. The Kier molecular flexibility index (Phi) is 9.64. The zero-order chi connectivity index (χ0) is 18.1. The number of carbonyl (C=O) groups is 1. The molecule has 2 rings (SSSR count). The largest absolute Gasteiger partial charge is 0.357 e. The lowest BCUT2D eigenvalue weighted by molar-refractivity contribution is -0.114. The Morgan fingerprint density at radius 1 is 1.15 bits per heavy atom. The summed E-state index contributed by atoms with van der Waals surface area (Å²) in [5.41, 5.74) is 1.54. The third-order valence-electron chi connectivity index (χ3n) is 3.49. The summed E-state index contributed by atoms with van der Waals surface area (Å²) in [4.78, 5) is 16.3. The molecule has 5 nitrogen and oxygen atoms in total. The van der Waals surface area contributed by atoms with Crippen LogP contribution in [0.2, 0.25) is 0 Å². The van der Waals surface area contributed by atoms with Crippen LogP contribution in [0, 0.1) is 5.82 Å². The van der Waals surface area contributed by atoms with Gasteiger partial charge in [0.2, 0.25) is 5.91 Å². The Balaban J connectivity index is 0.00000338. The molecule has 1 unspecified atom stereocenters. The molecule has 0 spiro atoms. The number of anilines is 1. The molecule has 7 heteroatoms. The lowest BCUT2D eigenvalue weighted by Crippen LogP contribution is -2.39. The van der Waals surface area contributed by atoms with Crippen LogP contribution in [0.1, 0.15) is 25.5 Å². The number of aliphatic imine (C=N–C) groups is 1. The van der Waals surface area contributed by atoms with Crippen molar-refractivity contribution >= 4 is 41.5 Å². The zero-order valence-electron chi connectivity index (χ0n) is 14.8. The fourth-order valence-electron chi connectivity index (χ4n) is 2.27. The summed E-state index contributed by atoms with van der Waals surface area (Å²) in [6.45, 7) is 4.60. The number of guanidine groups is 1. The van der Waals surface area contributed by atoms with E-state index < -0.39 is 5.82 Å². The van der Waals surface area contributed by atoms with E-state index in [9.17, 15) is 9.18 Å². The maximum absolute atomic E-state index is 13.1. The molecule has 1 atom stereocenters. The minimum absolute atomic E-state index is 0. The molecule has 0 saturated carbocycles. The van der Waals surface area contributed by atoms with Gasteiger partial charge in [-0.3, -0.25) is 4.79 Å². The molecule has 0 fully saturated rings. The van der Waals surface area contributed by atoms with Gasteiger partial charge in [-0.05, 0) is 37.6 Å². The first-order valence-corrected chi connectivity index (χ1v) is 8.23. The van der Waals surface area contributed by atoms with Gasteiger partial charge in [-0.25, -0.2) is 9.38 Å². The van der Waals surface area contributed by atoms with E-state index in [2.05, 4.69) is 20.9 Å². The van der Waals surface area contributed by atoms with Crippen LogP contribution in [-0.2, 0) is 4.79 Å². The Bertz CT molecular complexity index is 724. The second-order valence-corrected chi connectivity index (χ2v) is 5.53. The van der Waals surface area contributed by atoms with Gasteiger partial charge in [0, 0.05) is 12.2 Å². The number of rotatable bonds is 6. The van der Waals surface area contributed by atoms with E-state index in [0.717, 1.165) is 5.56 Å². The van der Waals surface area contributed by atoms with Crippen LogP contribution in [0.4, 0.5) is 10.1 Å². The lowest BCUT2D eigenvalue weighted by Gasteiger charge is -2.18.